The van der Waals surface area contributed by atoms with Gasteiger partial charge in [-0.25, -0.2) is 0 Å². The highest BCUT2D eigenvalue weighted by Crippen LogP contribution is 2.31. The number of anilines is 2. The van der Waals surface area contributed by atoms with Gasteiger partial charge in [-0.3, -0.25) is 14.9 Å². The predicted molar refractivity (Wildman–Crippen MR) is 97.2 cm³/mol. The topological polar surface area (TPSA) is 105 Å². The lowest BCUT2D eigenvalue weighted by Gasteiger charge is -2.28. The van der Waals surface area contributed by atoms with E-state index in [2.05, 4.69) is 5.32 Å². The number of phenols is 1. The predicted octanol–water partition coefficient (Wildman–Crippen LogP) is 3.04. The quantitative estimate of drug-likeness (QED) is 0.482. The Labute approximate surface area is 154 Å². The van der Waals surface area contributed by atoms with E-state index in [1.165, 1.54) is 30.3 Å². The number of carbonyl (C=O) groups excluding carboxylic acids is 1. The third-order valence-electron chi connectivity index (χ3n) is 3.99. The van der Waals surface area contributed by atoms with Crippen molar-refractivity contribution in [1.29, 1.82) is 0 Å². The molecular formula is C17H16ClN3O5. The van der Waals surface area contributed by atoms with Crippen LogP contribution in [0.25, 0.3) is 0 Å². The van der Waals surface area contributed by atoms with E-state index < -0.39 is 10.8 Å². The summed E-state index contributed by atoms with van der Waals surface area (Å²) < 4.78 is 5.26. The van der Waals surface area contributed by atoms with Gasteiger partial charge in [0.05, 0.1) is 23.8 Å². The van der Waals surface area contributed by atoms with Crippen LogP contribution in [-0.4, -0.2) is 42.2 Å². The number of nitrogens with zero attached hydrogens (tertiary/aromatic N) is 2. The maximum Gasteiger partial charge on any atom is 0.293 e. The van der Waals surface area contributed by atoms with Crippen LogP contribution in [0.15, 0.2) is 36.4 Å². The minimum absolute atomic E-state index is 0.105. The van der Waals surface area contributed by atoms with Crippen LogP contribution in [0.3, 0.4) is 0 Å². The van der Waals surface area contributed by atoms with E-state index in [4.69, 9.17) is 16.3 Å². The number of nitrogens with one attached hydrogen (secondary N) is 1. The van der Waals surface area contributed by atoms with Crippen molar-refractivity contribution in [1.82, 2.24) is 0 Å². The molecule has 136 valence electrons. The van der Waals surface area contributed by atoms with Crippen molar-refractivity contribution in [3.8, 4) is 5.75 Å². The van der Waals surface area contributed by atoms with Gasteiger partial charge in [0.2, 0.25) is 0 Å². The van der Waals surface area contributed by atoms with E-state index in [-0.39, 0.29) is 22.7 Å². The molecule has 0 radical (unpaired) electrons. The zero-order chi connectivity index (χ0) is 18.7. The van der Waals surface area contributed by atoms with Crippen molar-refractivity contribution >= 4 is 34.6 Å². The van der Waals surface area contributed by atoms with Gasteiger partial charge in [0.15, 0.2) is 0 Å². The molecule has 8 nitrogen and oxygen atoms in total. The molecule has 0 aromatic heterocycles. The molecule has 2 N–H and O–H groups in total. The maximum atomic E-state index is 12.4. The fourth-order valence-corrected chi connectivity index (χ4v) is 2.86. The molecule has 1 aliphatic rings. The highest BCUT2D eigenvalue weighted by atomic mass is 35.5. The molecular weight excluding hydrogens is 362 g/mol. The zero-order valence-corrected chi connectivity index (χ0v) is 14.4. The van der Waals surface area contributed by atoms with Crippen LogP contribution in [0.1, 0.15) is 10.4 Å². The van der Waals surface area contributed by atoms with Crippen molar-refractivity contribution in [3.05, 3.63) is 57.1 Å². The number of amides is 1. The molecule has 1 heterocycles. The molecule has 9 heteroatoms. The van der Waals surface area contributed by atoms with Gasteiger partial charge in [0.25, 0.3) is 11.6 Å². The van der Waals surface area contributed by atoms with Crippen LogP contribution in [0, 0.1) is 10.1 Å². The highest BCUT2D eigenvalue weighted by molar-refractivity contribution is 6.31. The Morgan fingerprint density at radius 3 is 2.65 bits per heavy atom. The lowest BCUT2D eigenvalue weighted by Crippen LogP contribution is -2.36. The Hall–Kier alpha value is -2.84. The number of hydrogen-bond acceptors (Lipinski definition) is 6. The van der Waals surface area contributed by atoms with Gasteiger partial charge >= 0.3 is 0 Å². The second-order valence-electron chi connectivity index (χ2n) is 5.68. The smallest absolute Gasteiger partial charge is 0.293 e. The molecule has 1 amide bonds. The average Bonchev–Trinajstić information content (AvgIpc) is 2.65. The van der Waals surface area contributed by atoms with Gasteiger partial charge in [-0.15, -0.1) is 0 Å². The first kappa shape index (κ1) is 18.0. The summed E-state index contributed by atoms with van der Waals surface area (Å²) >= 11 is 5.85. The minimum Gasteiger partial charge on any atom is -0.506 e. The summed E-state index contributed by atoms with van der Waals surface area (Å²) in [5.74, 6) is -0.735. The molecule has 3 rings (SSSR count). The van der Waals surface area contributed by atoms with E-state index in [1.807, 2.05) is 4.90 Å². The SMILES string of the molecule is O=C(Nc1cc(Cl)ccc1O)c1ccc(N2CCOCC2)c([N+](=O)[O-])c1. The first-order valence-corrected chi connectivity index (χ1v) is 8.24. The monoisotopic (exact) mass is 377 g/mol. The van der Waals surface area contributed by atoms with Gasteiger partial charge in [-0.05, 0) is 30.3 Å². The van der Waals surface area contributed by atoms with Gasteiger partial charge in [0.1, 0.15) is 11.4 Å². The van der Waals surface area contributed by atoms with Crippen LogP contribution in [0.2, 0.25) is 5.02 Å². The summed E-state index contributed by atoms with van der Waals surface area (Å²) in [4.78, 5) is 25.2. The number of hydrogen-bond donors (Lipinski definition) is 2. The summed E-state index contributed by atoms with van der Waals surface area (Å²) in [6.07, 6.45) is 0. The Bertz CT molecular complexity index is 852. The second kappa shape index (κ2) is 7.59. The van der Waals surface area contributed by atoms with Crippen LogP contribution in [-0.2, 0) is 4.74 Å². The highest BCUT2D eigenvalue weighted by Gasteiger charge is 2.23. The van der Waals surface area contributed by atoms with Gasteiger partial charge < -0.3 is 20.1 Å². The Balaban J connectivity index is 1.88. The molecule has 0 bridgehead atoms. The number of nitro benzene ring substituents is 1. The minimum atomic E-state index is -0.584. The molecule has 0 unspecified atom stereocenters. The van der Waals surface area contributed by atoms with Gasteiger partial charge in [-0.2, -0.15) is 0 Å². The van der Waals surface area contributed by atoms with Crippen molar-refractivity contribution in [2.24, 2.45) is 0 Å². The van der Waals surface area contributed by atoms with Gasteiger partial charge in [0, 0.05) is 29.7 Å². The molecule has 26 heavy (non-hydrogen) atoms. The molecule has 0 aliphatic carbocycles. The largest absolute Gasteiger partial charge is 0.506 e. The summed E-state index contributed by atoms with van der Waals surface area (Å²) in [6.45, 7) is 2.08. The van der Waals surface area contributed by atoms with Crippen molar-refractivity contribution in [3.63, 3.8) is 0 Å². The first-order chi connectivity index (χ1) is 12.5. The molecule has 1 saturated heterocycles. The van der Waals surface area contributed by atoms with Crippen molar-refractivity contribution in [2.75, 3.05) is 36.5 Å². The van der Waals surface area contributed by atoms with Crippen LogP contribution < -0.4 is 10.2 Å². The number of rotatable bonds is 4. The van der Waals surface area contributed by atoms with Crippen molar-refractivity contribution < 1.29 is 19.6 Å². The van der Waals surface area contributed by atoms with Crippen LogP contribution in [0.5, 0.6) is 5.75 Å². The van der Waals surface area contributed by atoms with Crippen LogP contribution in [0.4, 0.5) is 17.1 Å². The first-order valence-electron chi connectivity index (χ1n) is 7.86. The standard InChI is InChI=1S/C17H16ClN3O5/c18-12-2-4-16(22)13(10-12)19-17(23)11-1-3-14(15(9-11)21(24)25)20-5-7-26-8-6-20/h1-4,9-10,22H,5-8H2,(H,19,23). The van der Waals surface area contributed by atoms with Crippen LogP contribution >= 0.6 is 11.6 Å². The molecule has 0 atom stereocenters. The van der Waals surface area contributed by atoms with E-state index in [9.17, 15) is 20.0 Å². The van der Waals surface area contributed by atoms with E-state index in [0.29, 0.717) is 37.0 Å². The number of halogens is 1. The third-order valence-corrected chi connectivity index (χ3v) is 4.23. The van der Waals surface area contributed by atoms with Gasteiger partial charge in [-0.1, -0.05) is 11.6 Å². The Morgan fingerprint density at radius 1 is 1.23 bits per heavy atom. The number of aromatic hydroxyl groups is 1. The normalized spacial score (nSPS) is 14.1. The molecule has 0 saturated carbocycles. The number of carbonyl (C=O) groups is 1. The fraction of sp³-hybridized carbons (Fsp3) is 0.235. The van der Waals surface area contributed by atoms with E-state index in [1.54, 1.807) is 6.07 Å². The number of benzene rings is 2. The summed E-state index contributed by atoms with van der Waals surface area (Å²) in [5, 5.41) is 24.1. The van der Waals surface area contributed by atoms with Crippen molar-refractivity contribution in [2.45, 2.75) is 0 Å². The molecule has 2 aromatic carbocycles. The average molecular weight is 378 g/mol. The lowest BCUT2D eigenvalue weighted by atomic mass is 10.1. The zero-order valence-electron chi connectivity index (χ0n) is 13.6. The number of ether oxygens (including phenoxy) is 1. The Kier molecular flexibility index (Phi) is 5.24. The molecule has 2 aromatic rings. The molecule has 1 aliphatic heterocycles. The number of phenolic OH excluding ortho intramolecular Hbond substituents is 1. The maximum absolute atomic E-state index is 12.4. The second-order valence-corrected chi connectivity index (χ2v) is 6.11. The third kappa shape index (κ3) is 3.87. The van der Waals surface area contributed by atoms with E-state index >= 15 is 0 Å². The number of morpholine rings is 1. The Morgan fingerprint density at radius 2 is 1.96 bits per heavy atom. The summed E-state index contributed by atoms with van der Waals surface area (Å²) in [7, 11) is 0. The number of nitro groups is 1. The fourth-order valence-electron chi connectivity index (χ4n) is 2.69. The summed E-state index contributed by atoms with van der Waals surface area (Å²) in [6, 6.07) is 8.51. The summed E-state index contributed by atoms with van der Waals surface area (Å²) in [5.41, 5.74) is 0.519. The molecule has 0 spiro atoms. The molecule has 1 fully saturated rings. The van der Waals surface area contributed by atoms with E-state index in [0.717, 1.165) is 0 Å². The lowest BCUT2D eigenvalue weighted by molar-refractivity contribution is -0.384.